The summed E-state index contributed by atoms with van der Waals surface area (Å²) in [6, 6.07) is 10.4. The molecule has 0 saturated carbocycles. The Morgan fingerprint density at radius 1 is 1.15 bits per heavy atom. The van der Waals surface area contributed by atoms with E-state index in [-0.39, 0.29) is 29.8 Å². The molecule has 3 N–H and O–H groups in total. The molecule has 1 aromatic carbocycles. The molecule has 144 valence electrons. The normalized spacial score (nSPS) is 11.1. The molecule has 0 aliphatic rings. The Bertz CT molecular complexity index is 849. The van der Waals surface area contributed by atoms with Crippen molar-refractivity contribution in [1.82, 2.24) is 25.8 Å². The van der Waals surface area contributed by atoms with Crippen LogP contribution in [0.4, 0.5) is 4.39 Å². The fraction of sp³-hybridized carbons (Fsp3) is 0.278. The minimum atomic E-state index is -0.185. The summed E-state index contributed by atoms with van der Waals surface area (Å²) in [6.45, 7) is 1.22. The number of aromatic nitrogens is 3. The summed E-state index contributed by atoms with van der Waals surface area (Å²) < 4.78 is 18.9. The second-order valence-corrected chi connectivity index (χ2v) is 5.60. The van der Waals surface area contributed by atoms with E-state index >= 15 is 0 Å². The summed E-state index contributed by atoms with van der Waals surface area (Å²) in [7, 11) is 1.70. The Morgan fingerprint density at radius 3 is 2.63 bits per heavy atom. The van der Waals surface area contributed by atoms with Crippen molar-refractivity contribution in [2.75, 3.05) is 20.1 Å². The zero-order valence-electron chi connectivity index (χ0n) is 14.9. The average molecular weight is 484 g/mol. The fourth-order valence-electron chi connectivity index (χ4n) is 2.46. The van der Waals surface area contributed by atoms with Crippen molar-refractivity contribution < 1.29 is 8.81 Å². The van der Waals surface area contributed by atoms with E-state index in [0.717, 1.165) is 5.82 Å². The maximum Gasteiger partial charge on any atom is 0.216 e. The summed E-state index contributed by atoms with van der Waals surface area (Å²) in [4.78, 5) is 8.54. The molecule has 0 amide bonds. The Hall–Kier alpha value is -2.43. The van der Waals surface area contributed by atoms with Crippen LogP contribution in [0.25, 0.3) is 11.6 Å². The highest BCUT2D eigenvalue weighted by molar-refractivity contribution is 14.0. The Labute approximate surface area is 173 Å². The number of rotatable bonds is 7. The van der Waals surface area contributed by atoms with Gasteiger partial charge < -0.3 is 15.1 Å². The molecule has 3 aromatic rings. The number of nitrogens with zero attached hydrogens (tertiary/aromatic N) is 3. The van der Waals surface area contributed by atoms with Gasteiger partial charge in [-0.2, -0.15) is 5.10 Å². The van der Waals surface area contributed by atoms with Gasteiger partial charge in [0, 0.05) is 26.6 Å². The molecule has 0 spiro atoms. The third-order valence-corrected chi connectivity index (χ3v) is 3.80. The van der Waals surface area contributed by atoms with E-state index in [9.17, 15) is 4.39 Å². The molecule has 0 saturated heterocycles. The van der Waals surface area contributed by atoms with Gasteiger partial charge in [0.1, 0.15) is 11.6 Å². The van der Waals surface area contributed by atoms with Crippen LogP contribution in [0.5, 0.6) is 0 Å². The lowest BCUT2D eigenvalue weighted by Crippen LogP contribution is -2.39. The van der Waals surface area contributed by atoms with Gasteiger partial charge in [-0.05, 0) is 30.2 Å². The van der Waals surface area contributed by atoms with Crippen molar-refractivity contribution in [3.05, 3.63) is 59.9 Å². The molecule has 0 atom stereocenters. The highest BCUT2D eigenvalue weighted by Gasteiger charge is 2.08. The largest absolute Gasteiger partial charge is 0.461 e. The number of aliphatic imine (C=N–C) groups is 1. The van der Waals surface area contributed by atoms with E-state index < -0.39 is 0 Å². The van der Waals surface area contributed by atoms with E-state index in [1.54, 1.807) is 31.5 Å². The standard InChI is InChI=1S/C18H21FN6O.HI/c1-20-18(21-10-8-13-5-2-3-6-14(13)19)22-11-9-16-23-17(25-24-16)15-7-4-12-26-15;/h2-7,12H,8-11H2,1H3,(H2,20,21,22)(H,23,24,25);1H. The van der Waals surface area contributed by atoms with Crippen LogP contribution in [0, 0.1) is 5.82 Å². The van der Waals surface area contributed by atoms with Crippen molar-refractivity contribution in [3.63, 3.8) is 0 Å². The highest BCUT2D eigenvalue weighted by atomic mass is 127. The highest BCUT2D eigenvalue weighted by Crippen LogP contribution is 2.14. The number of halogens is 2. The predicted molar refractivity (Wildman–Crippen MR) is 113 cm³/mol. The van der Waals surface area contributed by atoms with Gasteiger partial charge in [0.15, 0.2) is 11.7 Å². The van der Waals surface area contributed by atoms with Crippen LogP contribution in [0.1, 0.15) is 11.4 Å². The summed E-state index contributed by atoms with van der Waals surface area (Å²) in [6.07, 6.45) is 2.83. The molecule has 7 nitrogen and oxygen atoms in total. The van der Waals surface area contributed by atoms with Gasteiger partial charge in [-0.3, -0.25) is 10.1 Å². The van der Waals surface area contributed by atoms with Gasteiger partial charge in [-0.1, -0.05) is 18.2 Å². The summed E-state index contributed by atoms with van der Waals surface area (Å²) in [5.41, 5.74) is 0.683. The van der Waals surface area contributed by atoms with Crippen molar-refractivity contribution >= 4 is 29.9 Å². The molecule has 0 fully saturated rings. The molecule has 0 bridgehead atoms. The number of aromatic amines is 1. The number of hydrogen-bond donors (Lipinski definition) is 3. The first-order chi connectivity index (χ1) is 12.8. The number of hydrogen-bond acceptors (Lipinski definition) is 4. The van der Waals surface area contributed by atoms with E-state index in [4.69, 9.17) is 4.42 Å². The second-order valence-electron chi connectivity index (χ2n) is 5.60. The third kappa shape index (κ3) is 6.05. The lowest BCUT2D eigenvalue weighted by Gasteiger charge is -2.11. The van der Waals surface area contributed by atoms with Crippen LogP contribution in [-0.2, 0) is 12.8 Å². The maximum atomic E-state index is 13.6. The van der Waals surface area contributed by atoms with Gasteiger partial charge >= 0.3 is 0 Å². The predicted octanol–water partition coefficient (Wildman–Crippen LogP) is 2.77. The molecule has 2 heterocycles. The Balaban J connectivity index is 0.00000261. The van der Waals surface area contributed by atoms with Crippen molar-refractivity contribution in [2.45, 2.75) is 12.8 Å². The van der Waals surface area contributed by atoms with Crippen LogP contribution in [0.15, 0.2) is 52.1 Å². The lowest BCUT2D eigenvalue weighted by molar-refractivity contribution is 0.577. The minimum absolute atomic E-state index is 0. The SMILES string of the molecule is CN=C(NCCc1nc(-c2ccco2)n[nH]1)NCCc1ccccc1F.I. The summed E-state index contributed by atoms with van der Waals surface area (Å²) in [5.74, 6) is 2.40. The van der Waals surface area contributed by atoms with Crippen molar-refractivity contribution in [2.24, 2.45) is 4.99 Å². The number of furan rings is 1. The second kappa shape index (κ2) is 10.7. The van der Waals surface area contributed by atoms with E-state index in [0.29, 0.717) is 49.0 Å². The van der Waals surface area contributed by atoms with E-state index in [2.05, 4.69) is 30.8 Å². The number of H-pyrrole nitrogens is 1. The first-order valence-electron chi connectivity index (χ1n) is 8.39. The molecule has 2 aromatic heterocycles. The van der Waals surface area contributed by atoms with Crippen LogP contribution in [0.3, 0.4) is 0 Å². The molecule has 3 rings (SSSR count). The number of nitrogens with one attached hydrogen (secondary N) is 3. The van der Waals surface area contributed by atoms with Gasteiger partial charge in [0.25, 0.3) is 0 Å². The van der Waals surface area contributed by atoms with Gasteiger partial charge in [-0.25, -0.2) is 9.37 Å². The molecule has 9 heteroatoms. The average Bonchev–Trinajstić information content (AvgIpc) is 3.33. The molecular formula is C18H22FIN6O. The summed E-state index contributed by atoms with van der Waals surface area (Å²) in [5, 5.41) is 13.4. The molecule has 0 radical (unpaired) electrons. The van der Waals surface area contributed by atoms with Crippen LogP contribution < -0.4 is 10.6 Å². The topological polar surface area (TPSA) is 91.1 Å². The molecular weight excluding hydrogens is 462 g/mol. The molecule has 0 unspecified atom stereocenters. The van der Waals surface area contributed by atoms with E-state index in [1.165, 1.54) is 6.07 Å². The van der Waals surface area contributed by atoms with Crippen molar-refractivity contribution in [3.8, 4) is 11.6 Å². The molecule has 27 heavy (non-hydrogen) atoms. The Morgan fingerprint density at radius 2 is 1.93 bits per heavy atom. The smallest absolute Gasteiger partial charge is 0.216 e. The first-order valence-corrected chi connectivity index (χ1v) is 8.39. The lowest BCUT2D eigenvalue weighted by atomic mass is 10.1. The van der Waals surface area contributed by atoms with Crippen molar-refractivity contribution in [1.29, 1.82) is 0 Å². The quantitative estimate of drug-likeness (QED) is 0.273. The monoisotopic (exact) mass is 484 g/mol. The number of guanidine groups is 1. The summed E-state index contributed by atoms with van der Waals surface area (Å²) >= 11 is 0. The maximum absolute atomic E-state index is 13.6. The van der Waals surface area contributed by atoms with Gasteiger partial charge in [-0.15, -0.1) is 24.0 Å². The van der Waals surface area contributed by atoms with Gasteiger partial charge in [0.2, 0.25) is 5.82 Å². The first kappa shape index (κ1) is 20.9. The third-order valence-electron chi connectivity index (χ3n) is 3.80. The minimum Gasteiger partial charge on any atom is -0.461 e. The Kier molecular flexibility index (Phi) is 8.24. The van der Waals surface area contributed by atoms with E-state index in [1.807, 2.05) is 12.1 Å². The van der Waals surface area contributed by atoms with Crippen LogP contribution in [-0.4, -0.2) is 41.3 Å². The van der Waals surface area contributed by atoms with Crippen LogP contribution in [0.2, 0.25) is 0 Å². The zero-order chi connectivity index (χ0) is 18.2. The van der Waals surface area contributed by atoms with Gasteiger partial charge in [0.05, 0.1) is 6.26 Å². The zero-order valence-corrected chi connectivity index (χ0v) is 17.2. The number of benzene rings is 1. The fourth-order valence-corrected chi connectivity index (χ4v) is 2.46. The molecule has 0 aliphatic heterocycles. The van der Waals surface area contributed by atoms with Crippen LogP contribution >= 0.6 is 24.0 Å². The molecule has 0 aliphatic carbocycles.